The highest BCUT2D eigenvalue weighted by Crippen LogP contribution is 2.36. The zero-order valence-electron chi connectivity index (χ0n) is 18.1. The summed E-state index contributed by atoms with van der Waals surface area (Å²) in [5, 5.41) is 3.09. The average molecular weight is 438 g/mol. The molecule has 32 heavy (non-hydrogen) atoms. The Kier molecular flexibility index (Phi) is 6.65. The smallest absolute Gasteiger partial charge is 0.261 e. The van der Waals surface area contributed by atoms with Crippen LogP contribution in [0.5, 0.6) is 0 Å². The lowest BCUT2D eigenvalue weighted by molar-refractivity contribution is 0.0638. The lowest BCUT2D eigenvalue weighted by atomic mass is 9.91. The third-order valence-corrected chi connectivity index (χ3v) is 6.35. The summed E-state index contributed by atoms with van der Waals surface area (Å²) >= 11 is 0. The van der Waals surface area contributed by atoms with Gasteiger partial charge in [0.25, 0.3) is 17.7 Å². The molecule has 1 aliphatic carbocycles. The molecule has 1 aliphatic heterocycles. The second-order valence-corrected chi connectivity index (χ2v) is 8.42. The molecular weight excluding hydrogens is 411 g/mol. The van der Waals surface area contributed by atoms with Crippen LogP contribution in [-0.4, -0.2) is 42.9 Å². The summed E-state index contributed by atoms with van der Waals surface area (Å²) in [5.74, 6) is -1.09. The summed E-state index contributed by atoms with van der Waals surface area (Å²) in [6.45, 7) is 0.725. The SMILES string of the molecule is COCCCN1C(=O)c2ccc(C(=O)NC(c3ccc(F)cc3)C3CCCC3)cc2C1=O. The molecule has 0 spiro atoms. The molecule has 1 atom stereocenters. The van der Waals surface area contributed by atoms with Gasteiger partial charge in [-0.2, -0.15) is 0 Å². The lowest BCUT2D eigenvalue weighted by Gasteiger charge is -2.25. The van der Waals surface area contributed by atoms with Crippen LogP contribution in [0, 0.1) is 11.7 Å². The van der Waals surface area contributed by atoms with Crippen LogP contribution in [0.15, 0.2) is 42.5 Å². The second kappa shape index (κ2) is 9.61. The maximum Gasteiger partial charge on any atom is 0.261 e. The fourth-order valence-electron chi connectivity index (χ4n) is 4.66. The third-order valence-electron chi connectivity index (χ3n) is 6.35. The standard InChI is InChI=1S/C25H27FN2O4/c1-32-14-4-13-28-24(30)20-12-9-18(15-21(20)25(28)31)23(29)27-22(16-5-2-3-6-16)17-7-10-19(26)11-8-17/h7-12,15-16,22H,2-6,13-14H2,1H3,(H,27,29). The molecule has 2 aliphatic rings. The summed E-state index contributed by atoms with van der Waals surface area (Å²) in [6, 6.07) is 10.6. The quantitative estimate of drug-likeness (QED) is 0.497. The Bertz CT molecular complexity index is 1020. The van der Waals surface area contributed by atoms with E-state index >= 15 is 0 Å². The Balaban J connectivity index is 1.54. The molecule has 6 nitrogen and oxygen atoms in total. The number of hydrogen-bond acceptors (Lipinski definition) is 4. The number of benzene rings is 2. The van der Waals surface area contributed by atoms with Crippen LogP contribution in [-0.2, 0) is 4.74 Å². The Morgan fingerprint density at radius 1 is 1.09 bits per heavy atom. The van der Waals surface area contributed by atoms with Gasteiger partial charge in [0.1, 0.15) is 5.82 Å². The Labute approximate surface area is 186 Å². The summed E-state index contributed by atoms with van der Waals surface area (Å²) in [7, 11) is 1.57. The number of carbonyl (C=O) groups excluding carboxylic acids is 3. The van der Waals surface area contributed by atoms with Gasteiger partial charge in [0.05, 0.1) is 17.2 Å². The van der Waals surface area contributed by atoms with Gasteiger partial charge in [-0.05, 0) is 61.1 Å². The predicted molar refractivity (Wildman–Crippen MR) is 117 cm³/mol. The van der Waals surface area contributed by atoms with E-state index in [0.29, 0.717) is 24.2 Å². The zero-order valence-corrected chi connectivity index (χ0v) is 18.1. The summed E-state index contributed by atoms with van der Waals surface area (Å²) < 4.78 is 18.4. The first-order valence-electron chi connectivity index (χ1n) is 11.0. The van der Waals surface area contributed by atoms with E-state index in [4.69, 9.17) is 4.74 Å². The van der Waals surface area contributed by atoms with Crippen LogP contribution in [0.3, 0.4) is 0 Å². The van der Waals surface area contributed by atoms with Gasteiger partial charge >= 0.3 is 0 Å². The number of fused-ring (bicyclic) bond motifs is 1. The molecule has 0 bridgehead atoms. The molecule has 1 N–H and O–H groups in total. The average Bonchev–Trinajstić information content (AvgIpc) is 3.41. The molecule has 7 heteroatoms. The molecule has 168 valence electrons. The van der Waals surface area contributed by atoms with Crippen molar-refractivity contribution in [2.24, 2.45) is 5.92 Å². The number of rotatable bonds is 8. The van der Waals surface area contributed by atoms with Crippen LogP contribution in [0.25, 0.3) is 0 Å². The van der Waals surface area contributed by atoms with Gasteiger partial charge in [-0.1, -0.05) is 25.0 Å². The Hall–Kier alpha value is -3.06. The topological polar surface area (TPSA) is 75.7 Å². The molecule has 0 aromatic heterocycles. The van der Waals surface area contributed by atoms with Crippen molar-refractivity contribution in [1.82, 2.24) is 10.2 Å². The first-order valence-corrected chi connectivity index (χ1v) is 11.0. The molecule has 1 heterocycles. The van der Waals surface area contributed by atoms with E-state index in [9.17, 15) is 18.8 Å². The van der Waals surface area contributed by atoms with Crippen molar-refractivity contribution in [3.8, 4) is 0 Å². The summed E-state index contributed by atoms with van der Waals surface area (Å²) in [4.78, 5) is 39.7. The molecule has 1 unspecified atom stereocenters. The van der Waals surface area contributed by atoms with Gasteiger partial charge in [0.2, 0.25) is 0 Å². The maximum atomic E-state index is 13.4. The van der Waals surface area contributed by atoms with E-state index in [1.807, 2.05) is 0 Å². The molecule has 4 rings (SSSR count). The van der Waals surface area contributed by atoms with Gasteiger partial charge in [-0.25, -0.2) is 4.39 Å². The number of hydrogen-bond donors (Lipinski definition) is 1. The molecule has 1 fully saturated rings. The van der Waals surface area contributed by atoms with E-state index in [1.54, 1.807) is 31.4 Å². The number of halogens is 1. The van der Waals surface area contributed by atoms with Gasteiger partial charge in [-0.3, -0.25) is 19.3 Å². The monoisotopic (exact) mass is 438 g/mol. The Morgan fingerprint density at radius 3 is 2.47 bits per heavy atom. The van der Waals surface area contributed by atoms with Crippen molar-refractivity contribution in [2.75, 3.05) is 20.3 Å². The largest absolute Gasteiger partial charge is 0.385 e. The number of ether oxygens (including phenoxy) is 1. The molecular formula is C25H27FN2O4. The van der Waals surface area contributed by atoms with E-state index in [1.165, 1.54) is 23.1 Å². The maximum absolute atomic E-state index is 13.4. The minimum Gasteiger partial charge on any atom is -0.385 e. The predicted octanol–water partition coefficient (Wildman–Crippen LogP) is 4.12. The first kappa shape index (κ1) is 22.1. The molecule has 2 aromatic rings. The van der Waals surface area contributed by atoms with Crippen LogP contribution < -0.4 is 5.32 Å². The van der Waals surface area contributed by atoms with E-state index < -0.39 is 0 Å². The van der Waals surface area contributed by atoms with Crippen LogP contribution in [0.2, 0.25) is 0 Å². The number of nitrogens with one attached hydrogen (secondary N) is 1. The minimum atomic E-state index is -0.387. The highest BCUT2D eigenvalue weighted by atomic mass is 19.1. The zero-order chi connectivity index (χ0) is 22.7. The number of amides is 3. The van der Waals surface area contributed by atoms with Gasteiger partial charge in [-0.15, -0.1) is 0 Å². The van der Waals surface area contributed by atoms with E-state index in [2.05, 4.69) is 5.32 Å². The minimum absolute atomic E-state index is 0.235. The lowest BCUT2D eigenvalue weighted by Crippen LogP contribution is -2.33. The second-order valence-electron chi connectivity index (χ2n) is 8.42. The molecule has 0 radical (unpaired) electrons. The van der Waals surface area contributed by atoms with Crippen LogP contribution >= 0.6 is 0 Å². The van der Waals surface area contributed by atoms with Gasteiger partial charge in [0.15, 0.2) is 0 Å². The number of nitrogens with zero attached hydrogens (tertiary/aromatic N) is 1. The number of methoxy groups -OCH3 is 1. The Morgan fingerprint density at radius 2 is 1.78 bits per heavy atom. The van der Waals surface area contributed by atoms with Crippen molar-refractivity contribution >= 4 is 17.7 Å². The highest BCUT2D eigenvalue weighted by molar-refractivity contribution is 6.22. The van der Waals surface area contributed by atoms with E-state index in [0.717, 1.165) is 31.2 Å². The summed E-state index contributed by atoms with van der Waals surface area (Å²) in [5.41, 5.74) is 1.76. The van der Waals surface area contributed by atoms with Gasteiger partial charge < -0.3 is 10.1 Å². The molecule has 0 saturated heterocycles. The fraction of sp³-hybridized carbons (Fsp3) is 0.400. The van der Waals surface area contributed by atoms with Crippen LogP contribution in [0.1, 0.15) is 74.8 Å². The fourth-order valence-corrected chi connectivity index (χ4v) is 4.66. The molecule has 3 amide bonds. The van der Waals surface area contributed by atoms with Crippen molar-refractivity contribution < 1.29 is 23.5 Å². The van der Waals surface area contributed by atoms with Crippen molar-refractivity contribution in [3.05, 3.63) is 70.5 Å². The van der Waals surface area contributed by atoms with Gasteiger partial charge in [0, 0.05) is 25.8 Å². The first-order chi connectivity index (χ1) is 15.5. The normalized spacial score (nSPS) is 17.0. The summed E-state index contributed by atoms with van der Waals surface area (Å²) in [6.07, 6.45) is 4.75. The van der Waals surface area contributed by atoms with Crippen molar-refractivity contribution in [1.29, 1.82) is 0 Å². The third kappa shape index (κ3) is 4.43. The number of imide groups is 1. The van der Waals surface area contributed by atoms with Crippen LogP contribution in [0.4, 0.5) is 4.39 Å². The number of carbonyl (C=O) groups is 3. The van der Waals surface area contributed by atoms with E-state index in [-0.39, 0.29) is 47.6 Å². The highest BCUT2D eigenvalue weighted by Gasteiger charge is 2.36. The van der Waals surface area contributed by atoms with Crippen molar-refractivity contribution in [3.63, 3.8) is 0 Å². The molecule has 1 saturated carbocycles. The van der Waals surface area contributed by atoms with Crippen molar-refractivity contribution in [2.45, 2.75) is 38.1 Å². The molecule has 2 aromatic carbocycles.